The molecule has 1 N–H and O–H groups in total. The van der Waals surface area contributed by atoms with Crippen LogP contribution < -0.4 is 15.7 Å². The van der Waals surface area contributed by atoms with Crippen molar-refractivity contribution in [1.82, 2.24) is 9.55 Å². The third kappa shape index (κ3) is 3.77. The standard InChI is InChI=1S/C21H17BrN6O/c1-13-18(11-23)20(24-16-7-9-17(29-2)10-8-16)25-21-27-26-19(12-28(13)21)14-3-5-15(22)6-4-14/h3-10H,12H2,1-2H3,(H,24,25,27). The minimum Gasteiger partial charge on any atom is -0.497 e. The zero-order valence-electron chi connectivity index (χ0n) is 15.8. The molecule has 4 rings (SSSR count). The maximum Gasteiger partial charge on any atom is 0.226 e. The van der Waals surface area contributed by atoms with Gasteiger partial charge in [-0.1, -0.05) is 28.1 Å². The van der Waals surface area contributed by atoms with Crippen molar-refractivity contribution in [3.05, 3.63) is 75.3 Å². The van der Waals surface area contributed by atoms with Crippen LogP contribution in [-0.2, 0) is 6.54 Å². The van der Waals surface area contributed by atoms with Crippen molar-refractivity contribution in [2.75, 3.05) is 12.5 Å². The van der Waals surface area contributed by atoms with Gasteiger partial charge in [0, 0.05) is 10.2 Å². The molecule has 0 fully saturated rings. The quantitative estimate of drug-likeness (QED) is 0.657. The van der Waals surface area contributed by atoms with E-state index in [4.69, 9.17) is 4.74 Å². The van der Waals surface area contributed by atoms with E-state index in [9.17, 15) is 5.26 Å². The summed E-state index contributed by atoms with van der Waals surface area (Å²) in [6.07, 6.45) is 0. The molecule has 3 aromatic rings. The van der Waals surface area contributed by atoms with E-state index >= 15 is 0 Å². The Kier molecular flexibility index (Phi) is 5.14. The van der Waals surface area contributed by atoms with E-state index in [1.54, 1.807) is 7.11 Å². The van der Waals surface area contributed by atoms with Crippen LogP contribution in [-0.4, -0.2) is 22.4 Å². The molecule has 2 aromatic carbocycles. The molecule has 1 aliphatic rings. The summed E-state index contributed by atoms with van der Waals surface area (Å²) in [5.74, 6) is 1.29. The number of hydrazone groups is 1. The first-order valence-corrected chi connectivity index (χ1v) is 9.67. The highest BCUT2D eigenvalue weighted by Crippen LogP contribution is 2.20. The van der Waals surface area contributed by atoms with E-state index in [0.29, 0.717) is 29.2 Å². The topological polar surface area (TPSA) is 87.6 Å². The van der Waals surface area contributed by atoms with Crippen LogP contribution in [0, 0.1) is 18.3 Å². The molecule has 0 bridgehead atoms. The molecule has 0 spiro atoms. The Morgan fingerprint density at radius 1 is 1.17 bits per heavy atom. The van der Waals surface area contributed by atoms with Crippen molar-refractivity contribution in [2.24, 2.45) is 10.1 Å². The Balaban J connectivity index is 1.75. The minimum absolute atomic E-state index is 0.358. The van der Waals surface area contributed by atoms with Crippen LogP contribution in [0.5, 0.6) is 5.75 Å². The van der Waals surface area contributed by atoms with Crippen LogP contribution in [0.1, 0.15) is 16.8 Å². The zero-order chi connectivity index (χ0) is 20.4. The van der Waals surface area contributed by atoms with Gasteiger partial charge < -0.3 is 9.30 Å². The summed E-state index contributed by atoms with van der Waals surface area (Å²) >= 11 is 3.44. The number of hydrogen-bond donors (Lipinski definition) is 1. The SMILES string of the molecule is COc1ccc(N=c2nc3n(c(C)c2C#N)CC(c2ccc(Br)cc2)=NN3)cc1. The van der Waals surface area contributed by atoms with Gasteiger partial charge in [-0.2, -0.15) is 15.3 Å². The number of methoxy groups -OCH3 is 1. The number of benzene rings is 2. The van der Waals surface area contributed by atoms with E-state index in [1.165, 1.54) is 0 Å². The second-order valence-electron chi connectivity index (χ2n) is 6.40. The Morgan fingerprint density at radius 3 is 2.55 bits per heavy atom. The second-order valence-corrected chi connectivity index (χ2v) is 7.32. The van der Waals surface area contributed by atoms with Crippen molar-refractivity contribution >= 4 is 33.3 Å². The zero-order valence-corrected chi connectivity index (χ0v) is 17.4. The van der Waals surface area contributed by atoms with Crippen molar-refractivity contribution < 1.29 is 4.74 Å². The fourth-order valence-electron chi connectivity index (χ4n) is 3.04. The summed E-state index contributed by atoms with van der Waals surface area (Å²) in [4.78, 5) is 9.09. The van der Waals surface area contributed by atoms with E-state index < -0.39 is 0 Å². The molecular formula is C21H17BrN6O. The van der Waals surface area contributed by atoms with Gasteiger partial charge in [-0.15, -0.1) is 0 Å². The molecule has 144 valence electrons. The van der Waals surface area contributed by atoms with Crippen molar-refractivity contribution in [3.63, 3.8) is 0 Å². The number of rotatable bonds is 3. The van der Waals surface area contributed by atoms with Crippen LogP contribution in [0.25, 0.3) is 0 Å². The summed E-state index contributed by atoms with van der Waals surface area (Å²) in [7, 11) is 1.61. The largest absolute Gasteiger partial charge is 0.497 e. The Labute approximate surface area is 176 Å². The molecule has 0 saturated heterocycles. The number of anilines is 1. The summed E-state index contributed by atoms with van der Waals surface area (Å²) in [5, 5.41) is 14.2. The first-order chi connectivity index (χ1) is 14.1. The van der Waals surface area contributed by atoms with Gasteiger partial charge in [-0.3, -0.25) is 0 Å². The lowest BCUT2D eigenvalue weighted by molar-refractivity contribution is 0.415. The monoisotopic (exact) mass is 448 g/mol. The maximum atomic E-state index is 9.74. The molecule has 7 nitrogen and oxygen atoms in total. The van der Waals surface area contributed by atoms with Gasteiger partial charge in [-0.05, 0) is 48.9 Å². The van der Waals surface area contributed by atoms with E-state index in [1.807, 2.05) is 60.0 Å². The van der Waals surface area contributed by atoms with Gasteiger partial charge in [0.25, 0.3) is 0 Å². The van der Waals surface area contributed by atoms with Gasteiger partial charge in [0.2, 0.25) is 5.95 Å². The third-order valence-corrected chi connectivity index (χ3v) is 5.18. The van der Waals surface area contributed by atoms with Crippen LogP contribution in [0.2, 0.25) is 0 Å². The van der Waals surface area contributed by atoms with Gasteiger partial charge in [0.15, 0.2) is 5.49 Å². The number of hydrogen-bond acceptors (Lipinski definition) is 6. The molecule has 0 atom stereocenters. The Bertz CT molecular complexity index is 1200. The fraction of sp³-hybridized carbons (Fsp3) is 0.143. The fourth-order valence-corrected chi connectivity index (χ4v) is 3.31. The maximum absolute atomic E-state index is 9.74. The van der Waals surface area contributed by atoms with Crippen LogP contribution in [0.4, 0.5) is 11.6 Å². The highest BCUT2D eigenvalue weighted by atomic mass is 79.9. The number of halogens is 1. The van der Waals surface area contributed by atoms with E-state index in [0.717, 1.165) is 27.2 Å². The van der Waals surface area contributed by atoms with Crippen molar-refractivity contribution in [3.8, 4) is 11.8 Å². The lowest BCUT2D eigenvalue weighted by atomic mass is 10.1. The van der Waals surface area contributed by atoms with Gasteiger partial charge in [0.1, 0.15) is 17.4 Å². The molecule has 0 saturated carbocycles. The minimum atomic E-state index is 0.358. The van der Waals surface area contributed by atoms with Crippen LogP contribution in [0.3, 0.4) is 0 Å². The number of nitrogens with one attached hydrogen (secondary N) is 1. The summed E-state index contributed by atoms with van der Waals surface area (Å²) in [6, 6.07) is 17.5. The average molecular weight is 449 g/mol. The molecule has 0 amide bonds. The smallest absolute Gasteiger partial charge is 0.226 e. The molecule has 0 unspecified atom stereocenters. The Morgan fingerprint density at radius 2 is 1.90 bits per heavy atom. The van der Waals surface area contributed by atoms with E-state index in [-0.39, 0.29) is 0 Å². The first-order valence-electron chi connectivity index (χ1n) is 8.88. The molecule has 1 aromatic heterocycles. The van der Waals surface area contributed by atoms with Crippen LogP contribution >= 0.6 is 15.9 Å². The highest BCUT2D eigenvalue weighted by molar-refractivity contribution is 9.10. The molecule has 29 heavy (non-hydrogen) atoms. The van der Waals surface area contributed by atoms with Crippen molar-refractivity contribution in [1.29, 1.82) is 5.26 Å². The highest BCUT2D eigenvalue weighted by Gasteiger charge is 2.19. The molecule has 8 heteroatoms. The van der Waals surface area contributed by atoms with Gasteiger partial charge >= 0.3 is 0 Å². The lowest BCUT2D eigenvalue weighted by Crippen LogP contribution is -2.29. The number of nitrogens with zero attached hydrogens (tertiary/aromatic N) is 5. The van der Waals surface area contributed by atoms with Gasteiger partial charge in [0.05, 0.1) is 25.1 Å². The number of fused-ring (bicyclic) bond motifs is 1. The number of ether oxygens (including phenoxy) is 1. The molecule has 0 radical (unpaired) electrons. The second kappa shape index (κ2) is 7.89. The third-order valence-electron chi connectivity index (χ3n) is 4.65. The molecule has 0 aliphatic carbocycles. The predicted octanol–water partition coefficient (Wildman–Crippen LogP) is 3.90. The Hall–Kier alpha value is -3.44. The van der Waals surface area contributed by atoms with Crippen molar-refractivity contribution in [2.45, 2.75) is 13.5 Å². The normalized spacial score (nSPS) is 13.2. The van der Waals surface area contributed by atoms with Gasteiger partial charge in [-0.25, -0.2) is 10.4 Å². The predicted molar refractivity (Wildman–Crippen MR) is 114 cm³/mol. The van der Waals surface area contributed by atoms with Crippen LogP contribution in [0.15, 0.2) is 63.1 Å². The number of nitriles is 1. The molecular weight excluding hydrogens is 432 g/mol. The summed E-state index contributed by atoms with van der Waals surface area (Å²) in [5.41, 5.74) is 7.13. The molecule has 2 heterocycles. The molecule has 1 aliphatic heterocycles. The summed E-state index contributed by atoms with van der Waals surface area (Å²) in [6.45, 7) is 2.41. The summed E-state index contributed by atoms with van der Waals surface area (Å²) < 4.78 is 8.12. The van der Waals surface area contributed by atoms with E-state index in [2.05, 4.69) is 42.5 Å². The first kappa shape index (κ1) is 18.9. The lowest BCUT2D eigenvalue weighted by Gasteiger charge is -2.22. The average Bonchev–Trinajstić information content (AvgIpc) is 2.75. The number of aromatic nitrogens is 2.